The number of aromatic nitrogens is 1. The highest BCUT2D eigenvalue weighted by atomic mass is 19.1. The van der Waals surface area contributed by atoms with E-state index in [4.69, 9.17) is 0 Å². The van der Waals surface area contributed by atoms with E-state index in [1.54, 1.807) is 17.0 Å². The summed E-state index contributed by atoms with van der Waals surface area (Å²) in [5, 5.41) is 0.715. The maximum Gasteiger partial charge on any atom is 0.270 e. The van der Waals surface area contributed by atoms with Crippen LogP contribution in [-0.2, 0) is 6.42 Å². The van der Waals surface area contributed by atoms with Crippen LogP contribution >= 0.6 is 0 Å². The van der Waals surface area contributed by atoms with E-state index < -0.39 is 0 Å². The van der Waals surface area contributed by atoms with E-state index in [2.05, 4.69) is 17.1 Å². The van der Waals surface area contributed by atoms with Gasteiger partial charge in [-0.1, -0.05) is 30.3 Å². The molecule has 118 valence electrons. The molecule has 1 amide bonds. The van der Waals surface area contributed by atoms with Crippen LogP contribution in [0.3, 0.4) is 0 Å². The number of hydrogen-bond donors (Lipinski definition) is 1. The Balaban J connectivity index is 1.75. The van der Waals surface area contributed by atoms with Crippen LogP contribution in [0.25, 0.3) is 10.9 Å². The van der Waals surface area contributed by atoms with Crippen molar-refractivity contribution in [2.75, 3.05) is 13.1 Å². The van der Waals surface area contributed by atoms with Crippen LogP contribution in [0.5, 0.6) is 0 Å². The first kappa shape index (κ1) is 15.3. The van der Waals surface area contributed by atoms with E-state index in [1.165, 1.54) is 17.7 Å². The number of likely N-dealkylation sites (N-methyl/N-ethyl adjacent to an activating group) is 1. The van der Waals surface area contributed by atoms with Crippen LogP contribution in [0.15, 0.2) is 54.6 Å². The number of carbonyl (C=O) groups is 1. The fourth-order valence-corrected chi connectivity index (χ4v) is 2.70. The van der Waals surface area contributed by atoms with Gasteiger partial charge in [0, 0.05) is 24.0 Å². The molecule has 4 heteroatoms. The van der Waals surface area contributed by atoms with Crippen molar-refractivity contribution in [3.05, 3.63) is 71.7 Å². The molecule has 0 atom stereocenters. The van der Waals surface area contributed by atoms with E-state index in [0.717, 1.165) is 11.9 Å². The van der Waals surface area contributed by atoms with Gasteiger partial charge in [-0.15, -0.1) is 0 Å². The fourth-order valence-electron chi connectivity index (χ4n) is 2.70. The number of H-pyrrole nitrogens is 1. The Kier molecular flexibility index (Phi) is 4.42. The smallest absolute Gasteiger partial charge is 0.270 e. The lowest BCUT2D eigenvalue weighted by Crippen LogP contribution is -2.32. The molecule has 0 radical (unpaired) electrons. The van der Waals surface area contributed by atoms with Crippen molar-refractivity contribution in [1.29, 1.82) is 0 Å². The molecule has 0 unspecified atom stereocenters. The lowest BCUT2D eigenvalue weighted by Gasteiger charge is -2.20. The molecule has 0 aliphatic carbocycles. The summed E-state index contributed by atoms with van der Waals surface area (Å²) in [4.78, 5) is 17.5. The van der Waals surface area contributed by atoms with Crippen molar-refractivity contribution in [2.45, 2.75) is 13.3 Å². The van der Waals surface area contributed by atoms with Crippen LogP contribution in [-0.4, -0.2) is 28.9 Å². The second-order valence-electron chi connectivity index (χ2n) is 5.54. The highest BCUT2D eigenvalue weighted by molar-refractivity contribution is 5.98. The maximum atomic E-state index is 13.3. The Morgan fingerprint density at radius 1 is 1.13 bits per heavy atom. The Morgan fingerprint density at radius 3 is 2.65 bits per heavy atom. The predicted octanol–water partition coefficient (Wildman–Crippen LogP) is 4.01. The van der Waals surface area contributed by atoms with Crippen molar-refractivity contribution >= 4 is 16.8 Å². The number of nitrogens with one attached hydrogen (secondary N) is 1. The summed E-state index contributed by atoms with van der Waals surface area (Å²) in [5.74, 6) is -0.355. The molecule has 3 nitrogen and oxygen atoms in total. The highest BCUT2D eigenvalue weighted by Crippen LogP contribution is 2.18. The first-order valence-electron chi connectivity index (χ1n) is 7.79. The van der Waals surface area contributed by atoms with Crippen molar-refractivity contribution in [1.82, 2.24) is 9.88 Å². The van der Waals surface area contributed by atoms with Crippen LogP contribution in [0, 0.1) is 5.82 Å². The molecule has 0 saturated carbocycles. The van der Waals surface area contributed by atoms with Gasteiger partial charge in [-0.25, -0.2) is 4.39 Å². The quantitative estimate of drug-likeness (QED) is 0.759. The Bertz CT molecular complexity index is 811. The molecule has 0 aliphatic rings. The third-order valence-corrected chi connectivity index (χ3v) is 4.00. The molecule has 2 aromatic carbocycles. The average molecular weight is 310 g/mol. The van der Waals surface area contributed by atoms with Gasteiger partial charge in [0.15, 0.2) is 0 Å². The average Bonchev–Trinajstić information content (AvgIpc) is 2.99. The number of amides is 1. The largest absolute Gasteiger partial charge is 0.351 e. The molecule has 0 spiro atoms. The Morgan fingerprint density at radius 2 is 1.91 bits per heavy atom. The van der Waals surface area contributed by atoms with Crippen molar-refractivity contribution in [2.24, 2.45) is 0 Å². The maximum absolute atomic E-state index is 13.3. The summed E-state index contributed by atoms with van der Waals surface area (Å²) in [7, 11) is 0. The molecule has 23 heavy (non-hydrogen) atoms. The highest BCUT2D eigenvalue weighted by Gasteiger charge is 2.16. The number of benzene rings is 2. The van der Waals surface area contributed by atoms with E-state index in [9.17, 15) is 9.18 Å². The first-order valence-corrected chi connectivity index (χ1v) is 7.79. The Hall–Kier alpha value is -2.62. The minimum atomic E-state index is -0.299. The van der Waals surface area contributed by atoms with Gasteiger partial charge < -0.3 is 9.88 Å². The van der Waals surface area contributed by atoms with Crippen LogP contribution in [0.1, 0.15) is 23.0 Å². The SMILES string of the molecule is CCN(CCc1ccccc1)C(=O)c1cc2cc(F)ccc2[nH]1. The van der Waals surface area contributed by atoms with E-state index in [1.807, 2.05) is 25.1 Å². The Labute approximate surface area is 134 Å². The van der Waals surface area contributed by atoms with Crippen molar-refractivity contribution in [3.8, 4) is 0 Å². The van der Waals surface area contributed by atoms with Gasteiger partial charge in [0.25, 0.3) is 5.91 Å². The van der Waals surface area contributed by atoms with E-state index >= 15 is 0 Å². The zero-order valence-electron chi connectivity index (χ0n) is 13.1. The van der Waals surface area contributed by atoms with Crippen molar-refractivity contribution < 1.29 is 9.18 Å². The zero-order chi connectivity index (χ0) is 16.2. The van der Waals surface area contributed by atoms with Gasteiger partial charge in [-0.05, 0) is 43.2 Å². The predicted molar refractivity (Wildman–Crippen MR) is 90.0 cm³/mol. The third kappa shape index (κ3) is 3.42. The second-order valence-corrected chi connectivity index (χ2v) is 5.54. The topological polar surface area (TPSA) is 36.1 Å². The monoisotopic (exact) mass is 310 g/mol. The number of hydrogen-bond acceptors (Lipinski definition) is 1. The molecule has 0 saturated heterocycles. The van der Waals surface area contributed by atoms with Crippen molar-refractivity contribution in [3.63, 3.8) is 0 Å². The summed E-state index contributed by atoms with van der Waals surface area (Å²) < 4.78 is 13.3. The number of nitrogens with zero attached hydrogens (tertiary/aromatic N) is 1. The van der Waals surface area contributed by atoms with Gasteiger partial charge in [0.05, 0.1) is 0 Å². The summed E-state index contributed by atoms with van der Waals surface area (Å²) in [6.07, 6.45) is 0.815. The number of halogens is 1. The van der Waals surface area contributed by atoms with Gasteiger partial charge in [0.1, 0.15) is 11.5 Å². The number of fused-ring (bicyclic) bond motifs is 1. The number of rotatable bonds is 5. The minimum absolute atomic E-state index is 0.0555. The van der Waals surface area contributed by atoms with Gasteiger partial charge >= 0.3 is 0 Å². The lowest BCUT2D eigenvalue weighted by atomic mass is 10.1. The summed E-state index contributed by atoms with van der Waals surface area (Å²) >= 11 is 0. The molecular weight excluding hydrogens is 291 g/mol. The molecule has 1 N–H and O–H groups in total. The number of carbonyl (C=O) groups excluding carboxylic acids is 1. The normalized spacial score (nSPS) is 10.9. The van der Waals surface area contributed by atoms with Gasteiger partial charge in [-0.2, -0.15) is 0 Å². The van der Waals surface area contributed by atoms with Crippen LogP contribution < -0.4 is 0 Å². The molecule has 0 aliphatic heterocycles. The summed E-state index contributed by atoms with van der Waals surface area (Å²) in [6.45, 7) is 3.25. The van der Waals surface area contributed by atoms with Gasteiger partial charge in [-0.3, -0.25) is 4.79 Å². The van der Waals surface area contributed by atoms with Crippen LogP contribution in [0.2, 0.25) is 0 Å². The first-order chi connectivity index (χ1) is 11.2. The summed E-state index contributed by atoms with van der Waals surface area (Å²) in [5.41, 5.74) is 2.48. The van der Waals surface area contributed by atoms with E-state index in [0.29, 0.717) is 24.2 Å². The van der Waals surface area contributed by atoms with E-state index in [-0.39, 0.29) is 11.7 Å². The summed E-state index contributed by atoms with van der Waals surface area (Å²) in [6, 6.07) is 16.3. The minimum Gasteiger partial charge on any atom is -0.351 e. The number of aromatic amines is 1. The molecule has 0 bridgehead atoms. The standard InChI is InChI=1S/C19H19FN2O/c1-2-22(11-10-14-6-4-3-5-7-14)19(23)18-13-15-12-16(20)8-9-17(15)21-18/h3-9,12-13,21H,2,10-11H2,1H3. The second kappa shape index (κ2) is 6.65. The lowest BCUT2D eigenvalue weighted by molar-refractivity contribution is 0.0761. The third-order valence-electron chi connectivity index (χ3n) is 4.00. The molecule has 1 aromatic heterocycles. The van der Waals surface area contributed by atoms with Gasteiger partial charge in [0.2, 0.25) is 0 Å². The molecule has 1 heterocycles. The fraction of sp³-hybridized carbons (Fsp3) is 0.211. The molecule has 3 rings (SSSR count). The zero-order valence-corrected chi connectivity index (χ0v) is 13.1. The molecular formula is C19H19FN2O. The molecule has 3 aromatic rings. The molecule has 0 fully saturated rings. The van der Waals surface area contributed by atoms with Crippen LogP contribution in [0.4, 0.5) is 4.39 Å².